The molecule has 0 aliphatic heterocycles. The topological polar surface area (TPSA) is 62.7 Å². The molecule has 0 bridgehead atoms. The Bertz CT molecular complexity index is 723. The van der Waals surface area contributed by atoms with Gasteiger partial charge in [0.1, 0.15) is 10.5 Å². The van der Waals surface area contributed by atoms with E-state index >= 15 is 0 Å². The summed E-state index contributed by atoms with van der Waals surface area (Å²) in [5.74, 6) is 0. The molecule has 0 fully saturated rings. The zero-order valence-corrected chi connectivity index (χ0v) is 10.3. The highest BCUT2D eigenvalue weighted by Crippen LogP contribution is 2.27. The maximum absolute atomic E-state index is 8.55. The zero-order valence-electron chi connectivity index (χ0n) is 9.46. The Kier molecular flexibility index (Phi) is 2.79. The number of nitriles is 1. The summed E-state index contributed by atoms with van der Waals surface area (Å²) in [6.07, 6.45) is 2.65. The Morgan fingerprint density at radius 3 is 3.22 bits per heavy atom. The minimum absolute atomic E-state index is 0.504. The Hall–Kier alpha value is -2.19. The van der Waals surface area contributed by atoms with Gasteiger partial charge in [-0.15, -0.1) is 11.3 Å². The van der Waals surface area contributed by atoms with Crippen LogP contribution in [0.25, 0.3) is 21.7 Å². The van der Waals surface area contributed by atoms with Crippen molar-refractivity contribution in [2.75, 3.05) is 0 Å². The summed E-state index contributed by atoms with van der Waals surface area (Å²) in [6.45, 7) is 0. The number of rotatable bonds is 3. The number of aromatic nitrogens is 2. The van der Waals surface area contributed by atoms with E-state index in [9.17, 15) is 0 Å². The monoisotopic (exact) mass is 255 g/mol. The molecule has 0 aliphatic carbocycles. The van der Waals surface area contributed by atoms with E-state index in [4.69, 9.17) is 9.68 Å². The second-order valence-electron chi connectivity index (χ2n) is 3.84. The third-order valence-corrected chi connectivity index (χ3v) is 3.56. The molecule has 0 amide bonds. The average Bonchev–Trinajstić information content (AvgIpc) is 3.04. The van der Waals surface area contributed by atoms with E-state index in [1.807, 2.05) is 23.6 Å². The van der Waals surface area contributed by atoms with Gasteiger partial charge in [0.2, 0.25) is 0 Å². The number of hydrogen-bond donors (Lipinski definition) is 0. The molecule has 0 saturated heterocycles. The summed E-state index contributed by atoms with van der Waals surface area (Å²) in [5, 5.41) is 11.5. The first-order valence-electron chi connectivity index (χ1n) is 5.52. The molecule has 0 spiro atoms. The lowest BCUT2D eigenvalue weighted by atomic mass is 10.2. The molecule has 0 unspecified atom stereocenters. The van der Waals surface area contributed by atoms with E-state index in [1.165, 1.54) is 6.39 Å². The summed E-state index contributed by atoms with van der Waals surface area (Å²) < 4.78 is 5.27. The van der Waals surface area contributed by atoms with Gasteiger partial charge in [-0.3, -0.25) is 0 Å². The Morgan fingerprint density at radius 1 is 1.39 bits per heavy atom. The third kappa shape index (κ3) is 1.98. The molecular weight excluding hydrogens is 246 g/mol. The van der Waals surface area contributed by atoms with Gasteiger partial charge in [-0.05, 0) is 18.2 Å². The van der Waals surface area contributed by atoms with Crippen molar-refractivity contribution in [3.05, 3.63) is 35.7 Å². The second kappa shape index (κ2) is 4.59. The van der Waals surface area contributed by atoms with Crippen molar-refractivity contribution in [3.8, 4) is 16.6 Å². The van der Waals surface area contributed by atoms with Crippen LogP contribution in [0, 0.1) is 11.3 Å². The Labute approximate surface area is 108 Å². The van der Waals surface area contributed by atoms with Crippen LogP contribution in [0.3, 0.4) is 0 Å². The van der Waals surface area contributed by atoms with Crippen LogP contribution in [0.2, 0.25) is 0 Å². The van der Waals surface area contributed by atoms with Crippen LogP contribution in [0.15, 0.2) is 34.4 Å². The minimum Gasteiger partial charge on any atom is -0.443 e. The molecule has 3 aromatic rings. The maximum Gasteiger partial charge on any atom is 0.181 e. The number of oxazole rings is 1. The van der Waals surface area contributed by atoms with Crippen LogP contribution in [0.1, 0.15) is 12.1 Å². The largest absolute Gasteiger partial charge is 0.443 e. The molecular formula is C13H9N3OS. The molecule has 2 aromatic heterocycles. The van der Waals surface area contributed by atoms with Crippen LogP contribution >= 0.6 is 11.3 Å². The normalized spacial score (nSPS) is 10.6. The van der Waals surface area contributed by atoms with Crippen molar-refractivity contribution in [1.29, 1.82) is 5.26 Å². The molecule has 3 rings (SSSR count). The fourth-order valence-electron chi connectivity index (χ4n) is 1.73. The molecule has 5 heteroatoms. The van der Waals surface area contributed by atoms with E-state index in [2.05, 4.69) is 16.0 Å². The van der Waals surface area contributed by atoms with Gasteiger partial charge in [0, 0.05) is 23.8 Å². The summed E-state index contributed by atoms with van der Waals surface area (Å²) in [6, 6.07) is 7.97. The van der Waals surface area contributed by atoms with Crippen LogP contribution in [-0.4, -0.2) is 9.97 Å². The van der Waals surface area contributed by atoms with Gasteiger partial charge < -0.3 is 4.42 Å². The molecule has 0 N–H and O–H groups in total. The predicted octanol–water partition coefficient (Wildman–Crippen LogP) is 3.41. The predicted molar refractivity (Wildman–Crippen MR) is 69.1 cm³/mol. The number of aryl methyl sites for hydroxylation is 1. The number of fused-ring (bicyclic) bond motifs is 1. The number of benzene rings is 1. The first-order valence-corrected chi connectivity index (χ1v) is 6.40. The Morgan fingerprint density at radius 2 is 2.33 bits per heavy atom. The fraction of sp³-hybridized carbons (Fsp3) is 0.154. The van der Waals surface area contributed by atoms with Crippen molar-refractivity contribution >= 4 is 22.4 Å². The van der Waals surface area contributed by atoms with E-state index in [-0.39, 0.29) is 0 Å². The quantitative estimate of drug-likeness (QED) is 0.719. The molecule has 2 heterocycles. The minimum atomic E-state index is 0.504. The highest BCUT2D eigenvalue weighted by atomic mass is 32.1. The first kappa shape index (κ1) is 10.9. The highest BCUT2D eigenvalue weighted by molar-refractivity contribution is 7.13. The molecule has 0 atom stereocenters. The van der Waals surface area contributed by atoms with Crippen molar-refractivity contribution in [2.45, 2.75) is 12.8 Å². The van der Waals surface area contributed by atoms with Crippen molar-refractivity contribution < 1.29 is 4.42 Å². The molecule has 4 nitrogen and oxygen atoms in total. The van der Waals surface area contributed by atoms with Gasteiger partial charge in [0.15, 0.2) is 12.0 Å². The van der Waals surface area contributed by atoms with Crippen LogP contribution < -0.4 is 0 Å². The fourth-order valence-corrected chi connectivity index (χ4v) is 2.58. The zero-order chi connectivity index (χ0) is 12.4. The average molecular weight is 255 g/mol. The summed E-state index contributed by atoms with van der Waals surface area (Å²) in [5.41, 5.74) is 3.60. The summed E-state index contributed by atoms with van der Waals surface area (Å²) in [4.78, 5) is 8.59. The molecule has 88 valence electrons. The highest BCUT2D eigenvalue weighted by Gasteiger charge is 2.07. The number of thiazole rings is 1. The van der Waals surface area contributed by atoms with Crippen molar-refractivity contribution in [3.63, 3.8) is 0 Å². The van der Waals surface area contributed by atoms with Gasteiger partial charge in [-0.1, -0.05) is 0 Å². The van der Waals surface area contributed by atoms with Crippen LogP contribution in [0.5, 0.6) is 0 Å². The first-order chi connectivity index (χ1) is 8.86. The van der Waals surface area contributed by atoms with Gasteiger partial charge in [-0.25, -0.2) is 9.97 Å². The van der Waals surface area contributed by atoms with Gasteiger partial charge in [0.05, 0.1) is 11.8 Å². The van der Waals surface area contributed by atoms with Crippen LogP contribution in [0.4, 0.5) is 0 Å². The van der Waals surface area contributed by atoms with E-state index in [1.54, 1.807) is 11.3 Å². The number of nitrogens with zero attached hydrogens (tertiary/aromatic N) is 3. The smallest absolute Gasteiger partial charge is 0.181 e. The van der Waals surface area contributed by atoms with Crippen LogP contribution in [-0.2, 0) is 6.42 Å². The van der Waals surface area contributed by atoms with Gasteiger partial charge in [0.25, 0.3) is 0 Å². The number of hydrogen-bond acceptors (Lipinski definition) is 5. The molecule has 0 saturated carbocycles. The molecule has 0 radical (unpaired) electrons. The lowest BCUT2D eigenvalue weighted by molar-refractivity contribution is 0.602. The van der Waals surface area contributed by atoms with Crippen molar-refractivity contribution in [1.82, 2.24) is 9.97 Å². The SMILES string of the molecule is N#CCCc1csc(-c2ccc3ncoc3c2)n1. The Balaban J connectivity index is 1.93. The van der Waals surface area contributed by atoms with E-state index < -0.39 is 0 Å². The molecule has 18 heavy (non-hydrogen) atoms. The second-order valence-corrected chi connectivity index (χ2v) is 4.70. The lowest BCUT2D eigenvalue weighted by Crippen LogP contribution is -1.84. The van der Waals surface area contributed by atoms with Crippen molar-refractivity contribution in [2.24, 2.45) is 0 Å². The van der Waals surface area contributed by atoms with E-state index in [0.29, 0.717) is 12.8 Å². The summed E-state index contributed by atoms with van der Waals surface area (Å²) >= 11 is 1.58. The molecule has 0 aliphatic rings. The van der Waals surface area contributed by atoms with E-state index in [0.717, 1.165) is 27.4 Å². The summed E-state index contributed by atoms with van der Waals surface area (Å²) in [7, 11) is 0. The third-order valence-electron chi connectivity index (χ3n) is 2.62. The standard InChI is InChI=1S/C13H9N3OS/c14-5-1-2-10-7-18-13(16-10)9-3-4-11-12(6-9)17-8-15-11/h3-4,6-8H,1-2H2. The van der Waals surface area contributed by atoms with Gasteiger partial charge in [-0.2, -0.15) is 5.26 Å². The van der Waals surface area contributed by atoms with Gasteiger partial charge >= 0.3 is 0 Å². The lowest BCUT2D eigenvalue weighted by Gasteiger charge is -1.95. The molecule has 1 aromatic carbocycles. The maximum atomic E-state index is 8.55.